The number of halogens is 2. The lowest BCUT2D eigenvalue weighted by Gasteiger charge is -2.19. The average molecular weight is 450 g/mol. The van der Waals surface area contributed by atoms with Gasteiger partial charge in [-0.1, -0.05) is 53.3 Å². The van der Waals surface area contributed by atoms with Crippen molar-refractivity contribution in [2.45, 2.75) is 13.3 Å². The summed E-state index contributed by atoms with van der Waals surface area (Å²) < 4.78 is 0.998. The van der Waals surface area contributed by atoms with Crippen LogP contribution < -0.4 is 4.90 Å². The molecule has 1 heterocycles. The number of aromatic nitrogens is 1. The lowest BCUT2D eigenvalue weighted by molar-refractivity contribution is -0.114. The summed E-state index contributed by atoms with van der Waals surface area (Å²) >= 11 is 7.70. The molecule has 154 valence electrons. The minimum Gasteiger partial charge on any atom is -0.309 e. The van der Waals surface area contributed by atoms with Gasteiger partial charge in [0.1, 0.15) is 0 Å². The molecule has 3 rings (SSSR count). The Balaban J connectivity index is 0.00000300. The molecule has 7 heteroatoms. The van der Waals surface area contributed by atoms with Crippen LogP contribution in [-0.4, -0.2) is 43.0 Å². The SMILES string of the molecule is Cc1cc(Cl)cc2sc(N(CCCN(C)C)C(=O)C=Cc3ccccc3)nc12.Cl. The fourth-order valence-corrected chi connectivity index (χ4v) is 4.38. The Morgan fingerprint density at radius 3 is 2.59 bits per heavy atom. The maximum Gasteiger partial charge on any atom is 0.252 e. The van der Waals surface area contributed by atoms with E-state index < -0.39 is 0 Å². The number of thiazole rings is 1. The summed E-state index contributed by atoms with van der Waals surface area (Å²) in [5.74, 6) is -0.0644. The van der Waals surface area contributed by atoms with E-state index in [4.69, 9.17) is 16.6 Å². The second-order valence-corrected chi connectivity index (χ2v) is 8.40. The Bertz CT molecular complexity index is 986. The first kappa shape index (κ1) is 23.4. The van der Waals surface area contributed by atoms with Crippen LogP contribution in [0.25, 0.3) is 16.3 Å². The van der Waals surface area contributed by atoms with Gasteiger partial charge in [-0.15, -0.1) is 12.4 Å². The van der Waals surface area contributed by atoms with Crippen LogP contribution in [0.3, 0.4) is 0 Å². The Morgan fingerprint density at radius 1 is 1.17 bits per heavy atom. The molecule has 0 fully saturated rings. The fraction of sp³-hybridized carbons (Fsp3) is 0.273. The second-order valence-electron chi connectivity index (χ2n) is 6.96. The van der Waals surface area contributed by atoms with E-state index in [1.165, 1.54) is 11.3 Å². The third-order valence-corrected chi connectivity index (χ3v) is 5.58. The number of anilines is 1. The number of hydrogen-bond donors (Lipinski definition) is 0. The summed E-state index contributed by atoms with van der Waals surface area (Å²) in [5.41, 5.74) is 2.92. The number of carbonyl (C=O) groups excluding carboxylic acids is 1. The highest BCUT2D eigenvalue weighted by molar-refractivity contribution is 7.22. The molecule has 0 radical (unpaired) electrons. The highest BCUT2D eigenvalue weighted by Crippen LogP contribution is 2.33. The van der Waals surface area contributed by atoms with Gasteiger partial charge in [-0.3, -0.25) is 9.69 Å². The van der Waals surface area contributed by atoms with E-state index in [1.807, 2.05) is 69.6 Å². The standard InChI is InChI=1S/C22H24ClN3OS.ClH/c1-16-14-18(23)15-19-21(16)24-22(28-19)26(13-7-12-25(2)3)20(27)11-10-17-8-5-4-6-9-17;/h4-6,8-11,14-15H,7,12-13H2,1-3H3;1H. The van der Waals surface area contributed by atoms with Crippen molar-refractivity contribution in [3.63, 3.8) is 0 Å². The number of aryl methyl sites for hydroxylation is 1. The van der Waals surface area contributed by atoms with Gasteiger partial charge in [0.2, 0.25) is 0 Å². The molecule has 3 aromatic rings. The number of benzene rings is 2. The van der Waals surface area contributed by atoms with Crippen LogP contribution in [0, 0.1) is 6.92 Å². The molecule has 0 spiro atoms. The predicted molar refractivity (Wildman–Crippen MR) is 128 cm³/mol. The topological polar surface area (TPSA) is 36.4 Å². The zero-order valence-corrected chi connectivity index (χ0v) is 19.2. The molecule has 29 heavy (non-hydrogen) atoms. The third kappa shape index (κ3) is 6.28. The van der Waals surface area contributed by atoms with Gasteiger partial charge in [0.15, 0.2) is 5.13 Å². The van der Waals surface area contributed by atoms with Gasteiger partial charge in [0.05, 0.1) is 10.2 Å². The largest absolute Gasteiger partial charge is 0.309 e. The van der Waals surface area contributed by atoms with E-state index in [0.717, 1.165) is 34.3 Å². The summed E-state index contributed by atoms with van der Waals surface area (Å²) in [7, 11) is 4.06. The van der Waals surface area contributed by atoms with Crippen molar-refractivity contribution < 1.29 is 4.79 Å². The minimum absolute atomic E-state index is 0. The van der Waals surface area contributed by atoms with E-state index in [9.17, 15) is 4.79 Å². The van der Waals surface area contributed by atoms with Crippen molar-refractivity contribution in [1.82, 2.24) is 9.88 Å². The van der Waals surface area contributed by atoms with Crippen molar-refractivity contribution in [2.24, 2.45) is 0 Å². The zero-order chi connectivity index (χ0) is 20.1. The molecule has 0 atom stereocenters. The number of fused-ring (bicyclic) bond motifs is 1. The van der Waals surface area contributed by atoms with Crippen molar-refractivity contribution >= 4 is 62.7 Å². The Kier molecular flexibility index (Phi) is 8.65. The maximum absolute atomic E-state index is 13.0. The van der Waals surface area contributed by atoms with Gasteiger partial charge < -0.3 is 4.90 Å². The molecule has 0 unspecified atom stereocenters. The molecule has 0 aliphatic carbocycles. The molecule has 0 saturated carbocycles. The molecular weight excluding hydrogens is 425 g/mol. The van der Waals surface area contributed by atoms with E-state index in [2.05, 4.69) is 4.90 Å². The van der Waals surface area contributed by atoms with Crippen LogP contribution in [0.4, 0.5) is 5.13 Å². The Morgan fingerprint density at radius 2 is 1.90 bits per heavy atom. The number of hydrogen-bond acceptors (Lipinski definition) is 4. The quantitative estimate of drug-likeness (QED) is 0.435. The van der Waals surface area contributed by atoms with Crippen molar-refractivity contribution in [3.8, 4) is 0 Å². The van der Waals surface area contributed by atoms with Gasteiger partial charge in [0.25, 0.3) is 5.91 Å². The summed E-state index contributed by atoms with van der Waals surface area (Å²) in [6.45, 7) is 3.51. The number of amides is 1. The first-order valence-corrected chi connectivity index (χ1v) is 10.4. The normalized spacial score (nSPS) is 11.2. The molecule has 0 saturated heterocycles. The third-order valence-electron chi connectivity index (χ3n) is 4.34. The number of rotatable bonds is 7. The first-order chi connectivity index (χ1) is 13.4. The average Bonchev–Trinajstić information content (AvgIpc) is 3.08. The molecule has 0 bridgehead atoms. The Hall–Kier alpha value is -1.92. The van der Waals surface area contributed by atoms with Crippen LogP contribution in [0.15, 0.2) is 48.5 Å². The lowest BCUT2D eigenvalue weighted by atomic mass is 10.2. The van der Waals surface area contributed by atoms with Gasteiger partial charge in [-0.25, -0.2) is 4.98 Å². The van der Waals surface area contributed by atoms with Gasteiger partial charge >= 0.3 is 0 Å². The highest BCUT2D eigenvalue weighted by Gasteiger charge is 2.18. The van der Waals surface area contributed by atoms with Crippen LogP contribution in [-0.2, 0) is 4.79 Å². The molecule has 1 aromatic heterocycles. The second kappa shape index (κ2) is 10.7. The zero-order valence-electron chi connectivity index (χ0n) is 16.8. The van der Waals surface area contributed by atoms with E-state index >= 15 is 0 Å². The smallest absolute Gasteiger partial charge is 0.252 e. The maximum atomic E-state index is 13.0. The van der Waals surface area contributed by atoms with Crippen molar-refractivity contribution in [1.29, 1.82) is 0 Å². The number of carbonyl (C=O) groups is 1. The highest BCUT2D eigenvalue weighted by atomic mass is 35.5. The number of nitrogens with zero attached hydrogens (tertiary/aromatic N) is 3. The van der Waals surface area contributed by atoms with E-state index in [0.29, 0.717) is 16.7 Å². The molecule has 0 aliphatic heterocycles. The van der Waals surface area contributed by atoms with Crippen molar-refractivity contribution in [3.05, 3.63) is 64.7 Å². The van der Waals surface area contributed by atoms with Crippen molar-refractivity contribution in [2.75, 3.05) is 32.1 Å². The fourth-order valence-electron chi connectivity index (χ4n) is 2.92. The van der Waals surface area contributed by atoms with E-state index in [-0.39, 0.29) is 18.3 Å². The summed E-state index contributed by atoms with van der Waals surface area (Å²) in [5, 5.41) is 1.40. The minimum atomic E-state index is -0.0644. The molecule has 4 nitrogen and oxygen atoms in total. The monoisotopic (exact) mass is 449 g/mol. The lowest BCUT2D eigenvalue weighted by Crippen LogP contribution is -2.32. The molecule has 0 N–H and O–H groups in total. The van der Waals surface area contributed by atoms with Crippen LogP contribution in [0.2, 0.25) is 5.02 Å². The molecular formula is C22H25Cl2N3OS. The summed E-state index contributed by atoms with van der Waals surface area (Å²) in [4.78, 5) is 21.6. The Labute approximate surface area is 187 Å². The van der Waals surface area contributed by atoms with Gasteiger partial charge in [-0.05, 0) is 63.3 Å². The molecule has 1 amide bonds. The summed E-state index contributed by atoms with van der Waals surface area (Å²) in [6, 6.07) is 13.6. The van der Waals surface area contributed by atoms with Gasteiger partial charge in [-0.2, -0.15) is 0 Å². The first-order valence-electron chi connectivity index (χ1n) is 9.20. The van der Waals surface area contributed by atoms with E-state index in [1.54, 1.807) is 11.0 Å². The molecule has 0 aliphatic rings. The predicted octanol–water partition coefficient (Wildman–Crippen LogP) is 5.68. The summed E-state index contributed by atoms with van der Waals surface area (Å²) in [6.07, 6.45) is 4.33. The van der Waals surface area contributed by atoms with Crippen LogP contribution in [0.5, 0.6) is 0 Å². The van der Waals surface area contributed by atoms with Crippen LogP contribution in [0.1, 0.15) is 17.5 Å². The molecule has 2 aromatic carbocycles. The van der Waals surface area contributed by atoms with Gasteiger partial charge in [0, 0.05) is 17.6 Å². The van der Waals surface area contributed by atoms with Crippen LogP contribution >= 0.6 is 35.3 Å².